The van der Waals surface area contributed by atoms with Gasteiger partial charge in [0.15, 0.2) is 0 Å². The summed E-state index contributed by atoms with van der Waals surface area (Å²) < 4.78 is 114. The minimum Gasteiger partial charge on any atom is -0.508 e. The van der Waals surface area contributed by atoms with Gasteiger partial charge in [-0.25, -0.2) is 26.3 Å². The molecule has 6 aromatic carbocycles. The zero-order valence-corrected chi connectivity index (χ0v) is 76.2. The van der Waals surface area contributed by atoms with Crippen molar-refractivity contribution in [2.24, 2.45) is 17.3 Å². The van der Waals surface area contributed by atoms with Crippen LogP contribution >= 0.6 is 34.8 Å². The van der Waals surface area contributed by atoms with Gasteiger partial charge in [-0.05, 0) is 149 Å². The lowest BCUT2D eigenvalue weighted by molar-refractivity contribution is -0.140. The quantitative estimate of drug-likeness (QED) is 0.0397. The number of Topliss-reactive ketones (excluding diaryl/α,β-unsaturated/α-hetero) is 2. The number of alkyl halides is 3. The van der Waals surface area contributed by atoms with Crippen molar-refractivity contribution >= 4 is 119 Å². The number of ketones is 2. The Kier molecular flexibility index (Phi) is 23.2. The highest BCUT2D eigenvalue weighted by atomic mass is 35.5. The molecule has 4 N–H and O–H groups in total. The van der Waals surface area contributed by atoms with Gasteiger partial charge in [0.25, 0.3) is 0 Å². The van der Waals surface area contributed by atoms with E-state index in [1.54, 1.807) is 60.8 Å². The lowest BCUT2D eigenvalue weighted by Gasteiger charge is -2.48. The van der Waals surface area contributed by atoms with Crippen LogP contribution in [-0.4, -0.2) is 260 Å². The number of phenols is 3. The fourth-order valence-corrected chi connectivity index (χ4v) is 25.1. The molecule has 0 radical (unpaired) electrons. The van der Waals surface area contributed by atoms with Gasteiger partial charge in [0.2, 0.25) is 5.91 Å². The number of phenolic OH excluding ortho intramolecular Hbond substituents is 3. The highest BCUT2D eigenvalue weighted by Crippen LogP contribution is 2.50. The smallest absolute Gasteiger partial charge is 0.318 e. The molecule has 10 atom stereocenters. The lowest BCUT2D eigenvalue weighted by Crippen LogP contribution is -2.65. The third kappa shape index (κ3) is 16.2. The topological polar surface area (TPSA) is 285 Å². The molecule has 11 fully saturated rings. The highest BCUT2D eigenvalue weighted by molar-refractivity contribution is 6.38. The van der Waals surface area contributed by atoms with Gasteiger partial charge in [-0.1, -0.05) is 53.0 Å². The second-order valence-corrected chi connectivity index (χ2v) is 40.2. The molecule has 1 saturated carbocycles. The monoisotopic (exact) mass is 1900 g/mol. The summed E-state index contributed by atoms with van der Waals surface area (Å²) in [7, 11) is 0. The van der Waals surface area contributed by atoms with E-state index >= 15 is 0 Å². The first-order chi connectivity index (χ1) is 64.8. The van der Waals surface area contributed by atoms with Crippen molar-refractivity contribution in [1.29, 1.82) is 0 Å². The summed E-state index contributed by atoms with van der Waals surface area (Å²) in [4.78, 5) is 86.4. The Balaban J connectivity index is 0.000000117. The molecular weight excluding hydrogens is 1800 g/mol. The Bertz CT molecular complexity index is 6320. The Morgan fingerprint density at radius 1 is 0.470 bits per heavy atom. The minimum absolute atomic E-state index is 0.00353. The van der Waals surface area contributed by atoms with E-state index in [0.717, 1.165) is 117 Å². The first kappa shape index (κ1) is 88.5. The number of piperidine rings is 1. The molecule has 37 heteroatoms. The normalized spacial score (nSPS) is 27.2. The highest BCUT2D eigenvalue weighted by Gasteiger charge is 2.55. The molecule has 10 saturated heterocycles. The van der Waals surface area contributed by atoms with E-state index in [4.69, 9.17) is 83.7 Å². The van der Waals surface area contributed by atoms with Crippen LogP contribution in [0.15, 0.2) is 91.3 Å². The molecule has 134 heavy (non-hydrogen) atoms. The molecule has 10 aromatic rings. The minimum atomic E-state index is -0.889. The van der Waals surface area contributed by atoms with Crippen molar-refractivity contribution in [3.05, 3.63) is 158 Å². The number of hydrogen-bond donors (Lipinski definition) is 4. The van der Waals surface area contributed by atoms with Crippen molar-refractivity contribution in [1.82, 2.24) is 59.7 Å². The summed E-state index contributed by atoms with van der Waals surface area (Å²) in [6, 6.07) is 20.8. The number of benzene rings is 6. The molecule has 14 aliphatic rings. The number of aromatic hydroxyl groups is 3. The number of carbonyl (C=O) groups is 3. The lowest BCUT2D eigenvalue weighted by atomic mass is 9.74. The van der Waals surface area contributed by atoms with Gasteiger partial charge in [-0.2, -0.15) is 35.0 Å². The molecule has 4 unspecified atom stereocenters. The zero-order chi connectivity index (χ0) is 92.0. The number of aromatic nitrogens is 8. The molecule has 0 bridgehead atoms. The average molecular weight is 1900 g/mol. The molecule has 24 rings (SSSR count). The molecule has 4 aromatic heterocycles. The Morgan fingerprint density at radius 2 is 0.881 bits per heavy atom. The van der Waals surface area contributed by atoms with Gasteiger partial charge in [0, 0.05) is 180 Å². The molecule has 1 amide bonds. The van der Waals surface area contributed by atoms with E-state index in [1.165, 1.54) is 18.2 Å². The van der Waals surface area contributed by atoms with Crippen LogP contribution in [0.4, 0.5) is 60.9 Å². The summed E-state index contributed by atoms with van der Waals surface area (Å²) in [5.41, 5.74) is 5.55. The van der Waals surface area contributed by atoms with E-state index in [9.17, 15) is 56.0 Å². The van der Waals surface area contributed by atoms with Gasteiger partial charge >= 0.3 is 18.0 Å². The number of halogens is 9. The van der Waals surface area contributed by atoms with Gasteiger partial charge in [0.1, 0.15) is 102 Å². The van der Waals surface area contributed by atoms with Gasteiger partial charge in [0.05, 0.1) is 117 Å². The van der Waals surface area contributed by atoms with Crippen molar-refractivity contribution in [2.45, 2.75) is 157 Å². The van der Waals surface area contributed by atoms with E-state index in [0.29, 0.717) is 224 Å². The second kappa shape index (κ2) is 35.1. The first-order valence-corrected chi connectivity index (χ1v) is 47.9. The molecule has 17 heterocycles. The van der Waals surface area contributed by atoms with E-state index in [-0.39, 0.29) is 115 Å². The average Bonchev–Trinajstić information content (AvgIpc) is 1.62. The SMILES string of the molecule is O=C1CC(=O)C2CN(c3nc(OC[C@@]45CCCN4C[C@H](F)C5)nc4c3CCN(c3cc(O)cc5ccc(F)c(Cl)c35)C4)CC12.O=C1NCC12CCCN(c1nc(OC[C@@]34CCCN3C[C@H](F)C4)nc3c1CCN(c1cc(O)cc4ccc(F)c(Cl)c14)C3)C2.Oc1cc(N2CCc3c(nc(OC[C@@]45CCCN4C[C@H](F)C5)nc3N3CCOCC(n4cccn4)C3)C2)c2c(Cl)c(F)ccc2c1. The standard InChI is InChI=1S/C33H36ClF2N7O3.C32H35ClF2N6O3.C32H32ClF2N5O4/c34-30-26(36)4-3-21-13-24(44)14-28(29(21)30)40-10-5-25-27(18-40)38-32(46-20-33-6-1-8-42(33)16-22(35)15-33)39-31(25)41-11-12-45-19-23(17-41)43-9-2-7-37-43;33-27-23(35)4-3-19-11-21(42)12-25(26(19)27)39-10-5-22-24(15-39)37-30(44-18-32-7-2-9-41(32)14-20(34)13-32)38-28(22)40-8-1-6-31(17-40)16-36-29(31)43;33-29-23(35)3-2-17-8-19(41)9-25(28(17)29)38-7-4-20-24(15-38)36-31(44-16-32-5-1-6-40(32)12-18(34)11-32)37-30(20)39-13-21-22(14-39)27(43)10-26(21)42/h2-4,7,9,13-14,22-23,44H,1,5-6,8,10-12,15-20H2;3-4,11-12,20,42H,1-2,5-10,13-18H2,(H,36,43);2-3,8-9,18,21-22,41H,1,4-7,10-16H2/t22-,23?,33+;20-,31?,32+;18-,21?,22?,32+/m111/s1. The zero-order valence-electron chi connectivity index (χ0n) is 73.9. The molecular formula is C97H103Cl3F6N18O10. The summed E-state index contributed by atoms with van der Waals surface area (Å²) in [6.07, 6.45) is 11.5. The van der Waals surface area contributed by atoms with Crippen LogP contribution in [0.2, 0.25) is 15.1 Å². The molecule has 28 nitrogen and oxygen atoms in total. The van der Waals surface area contributed by atoms with Gasteiger partial charge < -0.3 is 69.0 Å². The molecule has 13 aliphatic heterocycles. The third-order valence-electron chi connectivity index (χ3n) is 30.9. The number of fused-ring (bicyclic) bond motifs is 10. The maximum atomic E-state index is 14.6. The van der Waals surface area contributed by atoms with Gasteiger partial charge in [-0.3, -0.25) is 33.8 Å². The van der Waals surface area contributed by atoms with Crippen molar-refractivity contribution in [2.75, 3.05) is 167 Å². The predicted molar refractivity (Wildman–Crippen MR) is 493 cm³/mol. The number of rotatable bonds is 16. The van der Waals surface area contributed by atoms with Crippen molar-refractivity contribution in [3.63, 3.8) is 0 Å². The number of anilines is 6. The third-order valence-corrected chi connectivity index (χ3v) is 32.0. The fourth-order valence-electron chi connectivity index (χ4n) is 24.3. The van der Waals surface area contributed by atoms with E-state index in [2.05, 4.69) is 44.7 Å². The number of carbonyl (C=O) groups excluding carboxylic acids is 3. The summed E-state index contributed by atoms with van der Waals surface area (Å²) in [5.74, 6) is 0.201. The van der Waals surface area contributed by atoms with Crippen LogP contribution in [0.1, 0.15) is 117 Å². The molecule has 1 spiro atoms. The van der Waals surface area contributed by atoms with Crippen LogP contribution in [0.25, 0.3) is 32.3 Å². The second-order valence-electron chi connectivity index (χ2n) is 39.0. The van der Waals surface area contributed by atoms with Gasteiger partial charge in [-0.15, -0.1) is 0 Å². The van der Waals surface area contributed by atoms with Crippen LogP contribution in [-0.2, 0) is 58.0 Å². The number of nitrogens with one attached hydrogen (secondary N) is 1. The number of ether oxygens (including phenoxy) is 4. The van der Waals surface area contributed by atoms with Crippen molar-refractivity contribution in [3.8, 4) is 35.3 Å². The Hall–Kier alpha value is -10.8. The molecule has 704 valence electrons. The largest absolute Gasteiger partial charge is 0.508 e. The molecule has 1 aliphatic carbocycles. The maximum Gasteiger partial charge on any atom is 0.318 e. The Morgan fingerprint density at radius 3 is 1.28 bits per heavy atom. The van der Waals surface area contributed by atoms with Crippen LogP contribution in [0.5, 0.6) is 35.3 Å². The summed E-state index contributed by atoms with van der Waals surface area (Å²) >= 11 is 19.4. The maximum absolute atomic E-state index is 14.6. The summed E-state index contributed by atoms with van der Waals surface area (Å²) in [5, 5.41) is 42.5. The van der Waals surface area contributed by atoms with Crippen molar-refractivity contribution < 1.29 is 75.0 Å². The van der Waals surface area contributed by atoms with Crippen LogP contribution < -0.4 is 48.9 Å². The van der Waals surface area contributed by atoms with E-state index in [1.807, 2.05) is 26.7 Å². The summed E-state index contributed by atoms with van der Waals surface area (Å²) in [6.45, 7) is 12.7. The van der Waals surface area contributed by atoms with Crippen LogP contribution in [0.3, 0.4) is 0 Å². The van der Waals surface area contributed by atoms with E-state index < -0.39 is 41.4 Å². The van der Waals surface area contributed by atoms with Crippen LogP contribution in [0, 0.1) is 34.7 Å². The first-order valence-electron chi connectivity index (χ1n) is 46.8. The number of hydrogen-bond acceptors (Lipinski definition) is 26. The fraction of sp³-hybridized carbons (Fsp3) is 0.505. The Labute approximate surface area is 783 Å². The number of amides is 1. The predicted octanol–water partition coefficient (Wildman–Crippen LogP) is 13.5. The number of nitrogens with zero attached hydrogens (tertiary/aromatic N) is 17. The number of β-lactam (4-membered cyclic amide) rings is 1.